The number of para-hydroxylation sites is 2. The lowest BCUT2D eigenvalue weighted by molar-refractivity contribution is -0.136. The second-order valence-electron chi connectivity index (χ2n) is 3.96. The number of carboxylic acids is 1. The van der Waals surface area contributed by atoms with E-state index in [1.54, 1.807) is 0 Å². The van der Waals surface area contributed by atoms with Crippen molar-refractivity contribution in [3.8, 4) is 0 Å². The van der Waals surface area contributed by atoms with Crippen molar-refractivity contribution in [3.05, 3.63) is 30.0 Å². The van der Waals surface area contributed by atoms with E-state index in [9.17, 15) is 4.79 Å². The fraction of sp³-hybridized carbons (Fsp3) is 0.308. The maximum Gasteiger partial charge on any atom is 0.317 e. The van der Waals surface area contributed by atoms with Crippen LogP contribution in [0.5, 0.6) is 0 Å². The number of aliphatic carboxylic acids is 1. The summed E-state index contributed by atoms with van der Waals surface area (Å²) >= 11 is 1.27. The van der Waals surface area contributed by atoms with Gasteiger partial charge >= 0.3 is 5.97 Å². The van der Waals surface area contributed by atoms with Crippen LogP contribution >= 0.6 is 11.8 Å². The first-order chi connectivity index (χ1) is 8.61. The fourth-order valence-corrected chi connectivity index (χ4v) is 2.53. The second kappa shape index (κ2) is 5.35. The number of rotatable bonds is 4. The predicted molar refractivity (Wildman–Crippen MR) is 71.8 cm³/mol. The maximum absolute atomic E-state index is 11.0. The summed E-state index contributed by atoms with van der Waals surface area (Å²) in [6, 6.07) is 7.59. The van der Waals surface area contributed by atoms with E-state index in [0.29, 0.717) is 11.4 Å². The zero-order chi connectivity index (χ0) is 13.1. The molecular weight excluding hydrogens is 248 g/mol. The van der Waals surface area contributed by atoms with Gasteiger partial charge in [0.2, 0.25) is 0 Å². The highest BCUT2D eigenvalue weighted by molar-refractivity contribution is 8.00. The second-order valence-corrected chi connectivity index (χ2v) is 5.15. The van der Waals surface area contributed by atoms with Crippen molar-refractivity contribution in [1.29, 1.82) is 0 Å². The molecule has 2 aromatic rings. The number of hydrogen-bond acceptors (Lipinski definition) is 4. The molecule has 0 aliphatic heterocycles. The molecule has 1 unspecified atom stereocenters. The molecule has 1 atom stereocenters. The van der Waals surface area contributed by atoms with Crippen LogP contribution in [0.2, 0.25) is 0 Å². The van der Waals surface area contributed by atoms with Crippen LogP contribution in [0, 0.1) is 6.92 Å². The highest BCUT2D eigenvalue weighted by Crippen LogP contribution is 2.27. The lowest BCUT2D eigenvalue weighted by Gasteiger charge is -2.10. The molecule has 18 heavy (non-hydrogen) atoms. The molecule has 0 radical (unpaired) electrons. The Hall–Kier alpha value is -1.62. The molecule has 2 rings (SSSR count). The van der Waals surface area contributed by atoms with Crippen LogP contribution in [-0.4, -0.2) is 26.3 Å². The Kier molecular flexibility index (Phi) is 3.81. The molecule has 0 saturated heterocycles. The minimum Gasteiger partial charge on any atom is -0.480 e. The number of fused-ring (bicyclic) bond motifs is 1. The highest BCUT2D eigenvalue weighted by Gasteiger charge is 2.19. The van der Waals surface area contributed by atoms with Crippen molar-refractivity contribution in [2.75, 3.05) is 0 Å². The summed E-state index contributed by atoms with van der Waals surface area (Å²) in [5.41, 5.74) is 2.41. The van der Waals surface area contributed by atoms with E-state index in [1.165, 1.54) is 11.8 Å². The van der Waals surface area contributed by atoms with Crippen LogP contribution in [0.3, 0.4) is 0 Å². The summed E-state index contributed by atoms with van der Waals surface area (Å²) < 4.78 is 0. The van der Waals surface area contributed by atoms with Crippen LogP contribution in [0.1, 0.15) is 19.0 Å². The summed E-state index contributed by atoms with van der Waals surface area (Å²) in [7, 11) is 0. The zero-order valence-electron chi connectivity index (χ0n) is 10.3. The van der Waals surface area contributed by atoms with Gasteiger partial charge in [-0.25, -0.2) is 9.97 Å². The summed E-state index contributed by atoms with van der Waals surface area (Å²) in [5, 5.41) is 9.29. The molecule has 0 aliphatic carbocycles. The number of carbonyl (C=O) groups is 1. The molecule has 0 saturated carbocycles. The molecule has 0 spiro atoms. The molecule has 0 amide bonds. The van der Waals surface area contributed by atoms with E-state index in [2.05, 4.69) is 9.97 Å². The Bertz CT molecular complexity index is 586. The van der Waals surface area contributed by atoms with Crippen LogP contribution in [-0.2, 0) is 4.79 Å². The van der Waals surface area contributed by atoms with Crippen LogP contribution in [0.4, 0.5) is 0 Å². The summed E-state index contributed by atoms with van der Waals surface area (Å²) in [5.74, 6) is -0.808. The van der Waals surface area contributed by atoms with Crippen LogP contribution in [0.25, 0.3) is 11.0 Å². The Morgan fingerprint density at radius 2 is 1.94 bits per heavy atom. The highest BCUT2D eigenvalue weighted by atomic mass is 32.2. The summed E-state index contributed by atoms with van der Waals surface area (Å²) in [4.78, 5) is 20.0. The largest absolute Gasteiger partial charge is 0.480 e. The molecule has 0 bridgehead atoms. The molecule has 94 valence electrons. The van der Waals surface area contributed by atoms with E-state index in [-0.39, 0.29) is 0 Å². The zero-order valence-corrected chi connectivity index (χ0v) is 11.1. The number of hydrogen-bond donors (Lipinski definition) is 1. The molecule has 0 fully saturated rings. The average molecular weight is 262 g/mol. The smallest absolute Gasteiger partial charge is 0.317 e. The number of benzene rings is 1. The van der Waals surface area contributed by atoms with Crippen LogP contribution in [0.15, 0.2) is 29.3 Å². The Labute approximate surface area is 109 Å². The van der Waals surface area contributed by atoms with Gasteiger partial charge in [-0.1, -0.05) is 30.8 Å². The third-order valence-electron chi connectivity index (χ3n) is 2.60. The van der Waals surface area contributed by atoms with Gasteiger partial charge in [-0.2, -0.15) is 0 Å². The average Bonchev–Trinajstić information content (AvgIpc) is 2.35. The number of aryl methyl sites for hydroxylation is 1. The lowest BCUT2D eigenvalue weighted by atomic mass is 10.3. The normalized spacial score (nSPS) is 12.6. The van der Waals surface area contributed by atoms with Gasteiger partial charge in [0.05, 0.1) is 16.7 Å². The molecule has 4 nitrogen and oxygen atoms in total. The van der Waals surface area contributed by atoms with E-state index in [4.69, 9.17) is 5.11 Å². The SMILES string of the molecule is CCC(Sc1nc2ccccc2nc1C)C(=O)O. The first kappa shape index (κ1) is 12.8. The van der Waals surface area contributed by atoms with Crippen molar-refractivity contribution in [2.24, 2.45) is 0 Å². The van der Waals surface area contributed by atoms with Crippen LogP contribution < -0.4 is 0 Å². The van der Waals surface area contributed by atoms with E-state index >= 15 is 0 Å². The Morgan fingerprint density at radius 1 is 1.33 bits per heavy atom. The third-order valence-corrected chi connectivity index (χ3v) is 4.03. The van der Waals surface area contributed by atoms with Gasteiger partial charge in [-0.05, 0) is 25.5 Å². The first-order valence-electron chi connectivity index (χ1n) is 5.74. The van der Waals surface area contributed by atoms with Crippen molar-refractivity contribution in [1.82, 2.24) is 9.97 Å². The minimum absolute atomic E-state index is 0.473. The van der Waals surface area contributed by atoms with E-state index < -0.39 is 11.2 Å². The lowest BCUT2D eigenvalue weighted by Crippen LogP contribution is -2.15. The van der Waals surface area contributed by atoms with Crippen molar-refractivity contribution >= 4 is 28.8 Å². The van der Waals surface area contributed by atoms with Crippen molar-refractivity contribution in [3.63, 3.8) is 0 Å². The van der Waals surface area contributed by atoms with Gasteiger partial charge in [0.1, 0.15) is 10.3 Å². The predicted octanol–water partition coefficient (Wildman–Crippen LogP) is 2.89. The van der Waals surface area contributed by atoms with Gasteiger partial charge in [0, 0.05) is 0 Å². The number of carboxylic acid groups (broad SMARTS) is 1. The number of aromatic nitrogens is 2. The molecule has 1 N–H and O–H groups in total. The number of nitrogens with zero attached hydrogens (tertiary/aromatic N) is 2. The van der Waals surface area contributed by atoms with E-state index in [1.807, 2.05) is 38.1 Å². The Balaban J connectivity index is 2.38. The quantitative estimate of drug-likeness (QED) is 0.858. The molecule has 0 aliphatic rings. The Morgan fingerprint density at radius 3 is 2.50 bits per heavy atom. The maximum atomic E-state index is 11.0. The van der Waals surface area contributed by atoms with Crippen molar-refractivity contribution in [2.45, 2.75) is 30.5 Å². The van der Waals surface area contributed by atoms with Gasteiger partial charge in [-0.3, -0.25) is 4.79 Å². The summed E-state index contributed by atoms with van der Waals surface area (Å²) in [6.07, 6.45) is 0.563. The first-order valence-corrected chi connectivity index (χ1v) is 6.62. The van der Waals surface area contributed by atoms with E-state index in [0.717, 1.165) is 16.7 Å². The fourth-order valence-electron chi connectivity index (χ4n) is 1.63. The molecule has 1 aromatic heterocycles. The van der Waals surface area contributed by atoms with Gasteiger partial charge < -0.3 is 5.11 Å². The number of thioether (sulfide) groups is 1. The molecule has 1 heterocycles. The molecular formula is C13H14N2O2S. The summed E-state index contributed by atoms with van der Waals surface area (Å²) in [6.45, 7) is 3.71. The van der Waals surface area contributed by atoms with Gasteiger partial charge in [-0.15, -0.1) is 0 Å². The van der Waals surface area contributed by atoms with Gasteiger partial charge in [0.25, 0.3) is 0 Å². The standard InChI is InChI=1S/C13H14N2O2S/c1-3-11(13(16)17)18-12-8(2)14-9-6-4-5-7-10(9)15-12/h4-7,11H,3H2,1-2H3,(H,16,17). The monoisotopic (exact) mass is 262 g/mol. The van der Waals surface area contributed by atoms with Gasteiger partial charge in [0.15, 0.2) is 0 Å². The van der Waals surface area contributed by atoms with Crippen molar-refractivity contribution < 1.29 is 9.90 Å². The topological polar surface area (TPSA) is 63.1 Å². The third kappa shape index (κ3) is 2.61. The molecule has 1 aromatic carbocycles. The molecule has 5 heteroatoms. The minimum atomic E-state index is -0.808.